The molecule has 0 saturated heterocycles. The zero-order chi connectivity index (χ0) is 23.4. The monoisotopic (exact) mass is 479 g/mol. The number of nitrogens with zero attached hydrogens (tertiary/aromatic N) is 4. The Morgan fingerprint density at radius 1 is 1.24 bits per heavy atom. The van der Waals surface area contributed by atoms with Gasteiger partial charge in [0, 0.05) is 6.54 Å². The van der Waals surface area contributed by atoms with Gasteiger partial charge in [0.15, 0.2) is 22.2 Å². The summed E-state index contributed by atoms with van der Waals surface area (Å²) in [5.41, 5.74) is 3.26. The van der Waals surface area contributed by atoms with Crippen molar-refractivity contribution in [2.24, 2.45) is 0 Å². The standard InChI is InChI=1S/C24H25N5O2S2/c1-5-12-29-22(17(4)31-18-11-10-15(2)16(3)13-18)27-28-24(29)32-14-21(30)26-23-25-19-8-6-7-9-20(19)33-23/h5-11,13,17H,1,12,14H2,2-4H3,(H,25,26,30). The number of benzene rings is 2. The molecule has 0 aliphatic carbocycles. The Labute approximate surface area is 200 Å². The maximum Gasteiger partial charge on any atom is 0.236 e. The zero-order valence-corrected chi connectivity index (χ0v) is 20.4. The average Bonchev–Trinajstić information content (AvgIpc) is 3.38. The van der Waals surface area contributed by atoms with Crippen LogP contribution in [0.2, 0.25) is 0 Å². The largest absolute Gasteiger partial charge is 0.483 e. The van der Waals surface area contributed by atoms with Crippen molar-refractivity contribution in [2.75, 3.05) is 11.1 Å². The molecule has 9 heteroatoms. The number of aryl methyl sites for hydroxylation is 2. The SMILES string of the molecule is C=CCn1c(SCC(=O)Nc2nc3ccccc3s2)nnc1C(C)Oc1ccc(C)c(C)c1. The minimum Gasteiger partial charge on any atom is -0.483 e. The van der Waals surface area contributed by atoms with E-state index in [9.17, 15) is 4.79 Å². The van der Waals surface area contributed by atoms with Gasteiger partial charge in [-0.1, -0.05) is 47.4 Å². The van der Waals surface area contributed by atoms with Crippen LogP contribution in [0.3, 0.4) is 0 Å². The topological polar surface area (TPSA) is 81.9 Å². The number of hydrogen-bond acceptors (Lipinski definition) is 7. The van der Waals surface area contributed by atoms with Crippen LogP contribution >= 0.6 is 23.1 Å². The van der Waals surface area contributed by atoms with E-state index < -0.39 is 0 Å². The molecule has 2 heterocycles. The molecule has 1 N–H and O–H groups in total. The van der Waals surface area contributed by atoms with Gasteiger partial charge >= 0.3 is 0 Å². The highest BCUT2D eigenvalue weighted by Crippen LogP contribution is 2.27. The fraction of sp³-hybridized carbons (Fsp3) is 0.250. The van der Waals surface area contributed by atoms with Gasteiger partial charge in [-0.25, -0.2) is 4.98 Å². The van der Waals surface area contributed by atoms with E-state index in [1.54, 1.807) is 6.08 Å². The molecular weight excluding hydrogens is 454 g/mol. The fourth-order valence-corrected chi connectivity index (χ4v) is 4.90. The second-order valence-corrected chi connectivity index (χ2v) is 9.54. The molecule has 4 aromatic rings. The molecule has 0 aliphatic rings. The minimum absolute atomic E-state index is 0.145. The minimum atomic E-state index is -0.314. The van der Waals surface area contributed by atoms with Crippen LogP contribution in [0.5, 0.6) is 5.75 Å². The van der Waals surface area contributed by atoms with Crippen molar-refractivity contribution >= 4 is 44.4 Å². The first-order chi connectivity index (χ1) is 15.9. The van der Waals surface area contributed by atoms with Gasteiger partial charge in [-0.2, -0.15) is 0 Å². The van der Waals surface area contributed by atoms with Crippen molar-refractivity contribution in [3.8, 4) is 5.75 Å². The first-order valence-corrected chi connectivity index (χ1v) is 12.3. The number of carbonyl (C=O) groups excluding carboxylic acids is 1. The molecule has 0 aliphatic heterocycles. The van der Waals surface area contributed by atoms with Crippen LogP contribution in [0, 0.1) is 13.8 Å². The van der Waals surface area contributed by atoms with Crippen LogP contribution < -0.4 is 10.1 Å². The molecular formula is C24H25N5O2S2. The molecule has 7 nitrogen and oxygen atoms in total. The van der Waals surface area contributed by atoms with E-state index >= 15 is 0 Å². The number of thiazole rings is 1. The van der Waals surface area contributed by atoms with Crippen LogP contribution in [0.4, 0.5) is 5.13 Å². The van der Waals surface area contributed by atoms with Crippen LogP contribution in [0.25, 0.3) is 10.2 Å². The predicted octanol–water partition coefficient (Wildman–Crippen LogP) is 5.56. The Hall–Kier alpha value is -3.17. The Kier molecular flexibility index (Phi) is 7.10. The summed E-state index contributed by atoms with van der Waals surface area (Å²) in [6.45, 7) is 10.4. The van der Waals surface area contributed by atoms with Gasteiger partial charge in [0.25, 0.3) is 0 Å². The van der Waals surface area contributed by atoms with Gasteiger partial charge in [0.05, 0.1) is 16.0 Å². The maximum atomic E-state index is 12.5. The molecule has 33 heavy (non-hydrogen) atoms. The third-order valence-corrected chi connectivity index (χ3v) is 7.00. The van der Waals surface area contributed by atoms with E-state index in [0.717, 1.165) is 16.0 Å². The quantitative estimate of drug-likeness (QED) is 0.250. The molecule has 1 atom stereocenters. The third kappa shape index (κ3) is 5.43. The van der Waals surface area contributed by atoms with Crippen LogP contribution in [0.15, 0.2) is 60.3 Å². The highest BCUT2D eigenvalue weighted by atomic mass is 32.2. The average molecular weight is 480 g/mol. The Morgan fingerprint density at radius 2 is 2.06 bits per heavy atom. The van der Waals surface area contributed by atoms with E-state index in [4.69, 9.17) is 4.74 Å². The maximum absolute atomic E-state index is 12.5. The number of thioether (sulfide) groups is 1. The van der Waals surface area contributed by atoms with Crippen LogP contribution in [0.1, 0.15) is 30.0 Å². The summed E-state index contributed by atoms with van der Waals surface area (Å²) in [4.78, 5) is 17.0. The van der Waals surface area contributed by atoms with Gasteiger partial charge in [0.2, 0.25) is 5.91 Å². The summed E-state index contributed by atoms with van der Waals surface area (Å²) in [7, 11) is 0. The molecule has 0 fully saturated rings. The molecule has 170 valence electrons. The molecule has 1 unspecified atom stereocenters. The van der Waals surface area contributed by atoms with Gasteiger partial charge in [0.1, 0.15) is 5.75 Å². The normalized spacial score (nSPS) is 12.0. The molecule has 0 bridgehead atoms. The van der Waals surface area contributed by atoms with Gasteiger partial charge < -0.3 is 10.1 Å². The predicted molar refractivity (Wildman–Crippen MR) is 134 cm³/mol. The molecule has 0 saturated carbocycles. The van der Waals surface area contributed by atoms with E-state index in [1.165, 1.54) is 34.2 Å². The molecule has 2 aromatic heterocycles. The van der Waals surface area contributed by atoms with Crippen molar-refractivity contribution < 1.29 is 9.53 Å². The van der Waals surface area contributed by atoms with Crippen molar-refractivity contribution in [2.45, 2.75) is 38.6 Å². The van der Waals surface area contributed by atoms with Crippen LogP contribution in [-0.2, 0) is 11.3 Å². The molecule has 0 radical (unpaired) electrons. The summed E-state index contributed by atoms with van der Waals surface area (Å²) < 4.78 is 9.08. The van der Waals surface area contributed by atoms with E-state index in [2.05, 4.69) is 40.9 Å². The first kappa shape index (κ1) is 23.0. The second-order valence-electron chi connectivity index (χ2n) is 7.57. The number of para-hydroxylation sites is 1. The molecule has 2 aromatic carbocycles. The molecule has 1 amide bonds. The molecule has 0 spiro atoms. The number of allylic oxidation sites excluding steroid dienone is 1. The second kappa shape index (κ2) is 10.2. The lowest BCUT2D eigenvalue weighted by molar-refractivity contribution is -0.113. The highest BCUT2D eigenvalue weighted by molar-refractivity contribution is 7.99. The lowest BCUT2D eigenvalue weighted by Gasteiger charge is -2.16. The van der Waals surface area contributed by atoms with Gasteiger partial charge in [-0.15, -0.1) is 16.8 Å². The lowest BCUT2D eigenvalue weighted by atomic mass is 10.1. The number of aromatic nitrogens is 4. The lowest BCUT2D eigenvalue weighted by Crippen LogP contribution is -2.15. The van der Waals surface area contributed by atoms with Crippen molar-refractivity contribution in [1.29, 1.82) is 0 Å². The van der Waals surface area contributed by atoms with Crippen LogP contribution in [-0.4, -0.2) is 31.4 Å². The zero-order valence-electron chi connectivity index (χ0n) is 18.7. The number of amides is 1. The highest BCUT2D eigenvalue weighted by Gasteiger charge is 2.20. The number of ether oxygens (including phenoxy) is 1. The Morgan fingerprint density at radius 3 is 2.82 bits per heavy atom. The van der Waals surface area contributed by atoms with E-state index in [1.807, 2.05) is 54.0 Å². The number of nitrogens with one attached hydrogen (secondary N) is 1. The molecule has 4 rings (SSSR count). The van der Waals surface area contributed by atoms with E-state index in [0.29, 0.717) is 22.7 Å². The smallest absolute Gasteiger partial charge is 0.236 e. The van der Waals surface area contributed by atoms with Crippen molar-refractivity contribution in [3.05, 3.63) is 72.1 Å². The number of carbonyl (C=O) groups is 1. The third-order valence-electron chi connectivity index (χ3n) is 5.08. The van der Waals surface area contributed by atoms with E-state index in [-0.39, 0.29) is 17.8 Å². The number of hydrogen-bond donors (Lipinski definition) is 1. The first-order valence-electron chi connectivity index (χ1n) is 10.5. The van der Waals surface area contributed by atoms with Crippen molar-refractivity contribution in [1.82, 2.24) is 19.7 Å². The Bertz CT molecular complexity index is 1260. The number of rotatable bonds is 9. The summed E-state index contributed by atoms with van der Waals surface area (Å²) >= 11 is 2.77. The summed E-state index contributed by atoms with van der Waals surface area (Å²) in [5, 5.41) is 12.7. The summed E-state index contributed by atoms with van der Waals surface area (Å²) in [6, 6.07) is 13.8. The van der Waals surface area contributed by atoms with Gasteiger partial charge in [-0.3, -0.25) is 9.36 Å². The Balaban J connectivity index is 1.42. The fourth-order valence-electron chi connectivity index (χ4n) is 3.26. The summed E-state index contributed by atoms with van der Waals surface area (Å²) in [6.07, 6.45) is 1.46. The number of fused-ring (bicyclic) bond motifs is 1. The van der Waals surface area contributed by atoms with Crippen molar-refractivity contribution in [3.63, 3.8) is 0 Å². The van der Waals surface area contributed by atoms with Gasteiger partial charge in [-0.05, 0) is 56.2 Å². The number of anilines is 1. The summed E-state index contributed by atoms with van der Waals surface area (Å²) in [5.74, 6) is 1.51.